The zero-order chi connectivity index (χ0) is 23.6. The summed E-state index contributed by atoms with van der Waals surface area (Å²) in [6.07, 6.45) is 4.32. The van der Waals surface area contributed by atoms with Crippen molar-refractivity contribution in [3.05, 3.63) is 118 Å². The van der Waals surface area contributed by atoms with Gasteiger partial charge in [0.15, 0.2) is 0 Å². The molecule has 3 aromatic rings. The number of allylic oxidation sites excluding steroid dienone is 3. The smallest absolute Gasteiger partial charge is 0.238 e. The van der Waals surface area contributed by atoms with Crippen molar-refractivity contribution in [1.82, 2.24) is 0 Å². The Bertz CT molecular complexity index is 1280. The predicted molar refractivity (Wildman–Crippen MR) is 135 cm³/mol. The SMILES string of the molecule is Cc1ccc(C(=C2[C@H]3C=C[C@H]2[C@H]2C(=O)N(c4ccc(C)cc4)C(=O)[C@@H]23)c2ccc(C)cc2)cc1. The highest BCUT2D eigenvalue weighted by Crippen LogP contribution is 2.58. The maximum atomic E-state index is 13.7. The van der Waals surface area contributed by atoms with Crippen LogP contribution in [0.25, 0.3) is 5.57 Å². The highest BCUT2D eigenvalue weighted by atomic mass is 16.2. The summed E-state index contributed by atoms with van der Waals surface area (Å²) in [5, 5.41) is 0. The number of fused-ring (bicyclic) bond motifs is 5. The van der Waals surface area contributed by atoms with Gasteiger partial charge in [-0.3, -0.25) is 9.59 Å². The molecule has 0 unspecified atom stereocenters. The van der Waals surface area contributed by atoms with Crippen LogP contribution in [0.15, 0.2) is 90.5 Å². The van der Waals surface area contributed by atoms with Crippen molar-refractivity contribution in [3.8, 4) is 0 Å². The van der Waals surface area contributed by atoms with Crippen LogP contribution < -0.4 is 4.90 Å². The number of carbonyl (C=O) groups is 2. The third kappa shape index (κ3) is 3.03. The maximum Gasteiger partial charge on any atom is 0.238 e. The van der Waals surface area contributed by atoms with Crippen LogP contribution in [0.2, 0.25) is 0 Å². The van der Waals surface area contributed by atoms with Crippen LogP contribution in [0, 0.1) is 44.4 Å². The van der Waals surface area contributed by atoms with E-state index in [-0.39, 0.29) is 35.5 Å². The van der Waals surface area contributed by atoms with Crippen molar-refractivity contribution in [2.24, 2.45) is 23.7 Å². The van der Waals surface area contributed by atoms with E-state index in [0.717, 1.165) is 22.3 Å². The molecule has 2 aliphatic carbocycles. The largest absolute Gasteiger partial charge is 0.274 e. The predicted octanol–water partition coefficient (Wildman–Crippen LogP) is 6.04. The molecule has 2 bridgehead atoms. The van der Waals surface area contributed by atoms with Crippen LogP contribution in [0.3, 0.4) is 0 Å². The molecule has 0 radical (unpaired) electrons. The molecule has 2 fully saturated rings. The van der Waals surface area contributed by atoms with E-state index >= 15 is 0 Å². The van der Waals surface area contributed by atoms with Gasteiger partial charge in [-0.2, -0.15) is 0 Å². The highest BCUT2D eigenvalue weighted by Gasteiger charge is 2.62. The number of rotatable bonds is 3. The van der Waals surface area contributed by atoms with Crippen molar-refractivity contribution in [3.63, 3.8) is 0 Å². The summed E-state index contributed by atoms with van der Waals surface area (Å²) in [5.74, 6) is -0.908. The second-order valence-electron chi connectivity index (χ2n) is 9.90. The fourth-order valence-corrected chi connectivity index (χ4v) is 5.99. The second kappa shape index (κ2) is 7.66. The first-order valence-electron chi connectivity index (χ1n) is 11.9. The van der Waals surface area contributed by atoms with Gasteiger partial charge in [-0.1, -0.05) is 89.5 Å². The van der Waals surface area contributed by atoms with E-state index < -0.39 is 0 Å². The number of carbonyl (C=O) groups excluding carboxylic acids is 2. The molecular formula is C31H27NO2. The summed E-state index contributed by atoms with van der Waals surface area (Å²) < 4.78 is 0. The number of hydrogen-bond donors (Lipinski definition) is 0. The summed E-state index contributed by atoms with van der Waals surface area (Å²) in [4.78, 5) is 28.7. The zero-order valence-corrected chi connectivity index (χ0v) is 19.7. The third-order valence-electron chi connectivity index (χ3n) is 7.68. The maximum absolute atomic E-state index is 13.7. The van der Waals surface area contributed by atoms with Crippen molar-refractivity contribution in [2.75, 3.05) is 4.90 Å². The number of amides is 2. The molecule has 168 valence electrons. The Morgan fingerprint density at radius 3 is 1.38 bits per heavy atom. The van der Waals surface area contributed by atoms with E-state index in [1.807, 2.05) is 31.2 Å². The molecule has 1 aliphatic heterocycles. The van der Waals surface area contributed by atoms with E-state index in [4.69, 9.17) is 0 Å². The monoisotopic (exact) mass is 445 g/mol. The first-order valence-corrected chi connectivity index (χ1v) is 11.9. The third-order valence-corrected chi connectivity index (χ3v) is 7.68. The molecule has 0 spiro atoms. The van der Waals surface area contributed by atoms with Crippen LogP contribution in [0.4, 0.5) is 5.69 Å². The minimum absolute atomic E-state index is 0.0560. The van der Waals surface area contributed by atoms with Crippen molar-refractivity contribution in [1.29, 1.82) is 0 Å². The number of imide groups is 1. The number of nitrogens with zero attached hydrogens (tertiary/aromatic N) is 1. The highest BCUT2D eigenvalue weighted by molar-refractivity contribution is 6.23. The van der Waals surface area contributed by atoms with Crippen LogP contribution in [-0.2, 0) is 9.59 Å². The minimum atomic E-state index is -0.329. The summed E-state index contributed by atoms with van der Waals surface area (Å²) in [6.45, 7) is 6.18. The van der Waals surface area contributed by atoms with E-state index in [2.05, 4.69) is 74.5 Å². The molecule has 2 amide bonds. The Balaban J connectivity index is 1.48. The molecule has 6 rings (SSSR count). The Labute approximate surface area is 200 Å². The molecule has 1 saturated carbocycles. The fraction of sp³-hybridized carbons (Fsp3) is 0.226. The molecule has 34 heavy (non-hydrogen) atoms. The lowest BCUT2D eigenvalue weighted by Crippen LogP contribution is -2.33. The molecule has 0 N–H and O–H groups in total. The van der Waals surface area contributed by atoms with Gasteiger partial charge in [0.05, 0.1) is 17.5 Å². The van der Waals surface area contributed by atoms with Gasteiger partial charge in [0, 0.05) is 11.8 Å². The Morgan fingerprint density at radius 2 is 0.971 bits per heavy atom. The van der Waals surface area contributed by atoms with E-state index in [1.165, 1.54) is 21.6 Å². The van der Waals surface area contributed by atoms with E-state index in [1.54, 1.807) is 0 Å². The van der Waals surface area contributed by atoms with Crippen LogP contribution in [-0.4, -0.2) is 11.8 Å². The standard InChI is InChI=1S/C31H27NO2/c1-18-4-10-21(11-5-18)26(22-12-6-19(2)7-13-22)27-24-16-17-25(27)29-28(24)30(33)32(31(29)34)23-14-8-20(3)9-15-23/h4-17,24-25,28-29H,1-3H3/t24-,25-,28-,29-/m1/s1. The average molecular weight is 446 g/mol. The van der Waals surface area contributed by atoms with Gasteiger partial charge in [-0.15, -0.1) is 0 Å². The van der Waals surface area contributed by atoms with E-state index in [9.17, 15) is 9.59 Å². The molecule has 3 aromatic carbocycles. The molecule has 3 nitrogen and oxygen atoms in total. The molecular weight excluding hydrogens is 418 g/mol. The van der Waals surface area contributed by atoms with Gasteiger partial charge >= 0.3 is 0 Å². The van der Waals surface area contributed by atoms with Crippen LogP contribution in [0.1, 0.15) is 27.8 Å². The topological polar surface area (TPSA) is 37.4 Å². The molecule has 0 aromatic heterocycles. The zero-order valence-electron chi connectivity index (χ0n) is 19.7. The van der Waals surface area contributed by atoms with Crippen molar-refractivity contribution in [2.45, 2.75) is 20.8 Å². The van der Waals surface area contributed by atoms with Gasteiger partial charge < -0.3 is 0 Å². The number of benzene rings is 3. The average Bonchev–Trinajstić information content (AvgIpc) is 3.47. The first kappa shape index (κ1) is 20.9. The summed E-state index contributed by atoms with van der Waals surface area (Å²) in [5.41, 5.74) is 8.86. The van der Waals surface area contributed by atoms with Crippen LogP contribution >= 0.6 is 0 Å². The number of anilines is 1. The molecule has 1 saturated heterocycles. The quantitative estimate of drug-likeness (QED) is 0.364. The molecule has 3 heteroatoms. The first-order chi connectivity index (χ1) is 16.4. The minimum Gasteiger partial charge on any atom is -0.274 e. The Morgan fingerprint density at radius 1 is 0.588 bits per heavy atom. The van der Waals surface area contributed by atoms with Gasteiger partial charge in [0.25, 0.3) is 0 Å². The summed E-state index contributed by atoms with van der Waals surface area (Å²) in [7, 11) is 0. The molecule has 1 heterocycles. The Hall–Kier alpha value is -3.72. The number of hydrogen-bond acceptors (Lipinski definition) is 2. The lowest BCUT2D eigenvalue weighted by atomic mass is 9.85. The molecule has 3 aliphatic rings. The van der Waals surface area contributed by atoms with E-state index in [0.29, 0.717) is 5.69 Å². The second-order valence-corrected chi connectivity index (χ2v) is 9.90. The lowest BCUT2D eigenvalue weighted by molar-refractivity contribution is -0.122. The number of aryl methyl sites for hydroxylation is 3. The fourth-order valence-electron chi connectivity index (χ4n) is 5.99. The molecule has 4 atom stereocenters. The normalized spacial score (nSPS) is 24.8. The van der Waals surface area contributed by atoms with Gasteiger partial charge in [-0.25, -0.2) is 4.90 Å². The summed E-state index contributed by atoms with van der Waals surface area (Å²) in [6, 6.07) is 24.8. The van der Waals surface area contributed by atoms with Gasteiger partial charge in [0.1, 0.15) is 0 Å². The van der Waals surface area contributed by atoms with Crippen molar-refractivity contribution < 1.29 is 9.59 Å². The van der Waals surface area contributed by atoms with Gasteiger partial charge in [0.2, 0.25) is 11.8 Å². The summed E-state index contributed by atoms with van der Waals surface area (Å²) >= 11 is 0. The lowest BCUT2D eigenvalue weighted by Gasteiger charge is -2.22. The van der Waals surface area contributed by atoms with Gasteiger partial charge in [-0.05, 0) is 55.2 Å². The Kier molecular flexibility index (Phi) is 4.70. The van der Waals surface area contributed by atoms with Crippen LogP contribution in [0.5, 0.6) is 0 Å². The van der Waals surface area contributed by atoms with Crippen molar-refractivity contribution >= 4 is 23.1 Å².